The Morgan fingerprint density at radius 3 is 2.95 bits per heavy atom. The lowest BCUT2D eigenvalue weighted by Crippen LogP contribution is -2.11. The molecule has 4 nitrogen and oxygen atoms in total. The van der Waals surface area contributed by atoms with Crippen molar-refractivity contribution in [3.05, 3.63) is 40.7 Å². The van der Waals surface area contributed by atoms with Crippen molar-refractivity contribution >= 4 is 29.5 Å². The van der Waals surface area contributed by atoms with Gasteiger partial charge in [0.25, 0.3) is 0 Å². The number of nitrogens with zero attached hydrogens (tertiary/aromatic N) is 2. The number of rotatable bonds is 1. The Morgan fingerprint density at radius 2 is 2.20 bits per heavy atom. The fraction of sp³-hybridized carbons (Fsp3) is 0.143. The zero-order chi connectivity index (χ0) is 14.3. The van der Waals surface area contributed by atoms with Crippen molar-refractivity contribution in [1.29, 1.82) is 0 Å². The molecule has 102 valence electrons. The van der Waals surface area contributed by atoms with E-state index in [1.54, 1.807) is 19.3 Å². The minimum absolute atomic E-state index is 0.245. The Balaban J connectivity index is 2.15. The van der Waals surface area contributed by atoms with Crippen LogP contribution in [0.15, 0.2) is 33.1 Å². The van der Waals surface area contributed by atoms with Gasteiger partial charge in [-0.3, -0.25) is 4.99 Å². The molecule has 6 heteroatoms. The van der Waals surface area contributed by atoms with Gasteiger partial charge in [0.1, 0.15) is 16.7 Å². The Morgan fingerprint density at radius 1 is 1.40 bits per heavy atom. The molecule has 2 heterocycles. The maximum atomic E-state index is 13.3. The number of nitrogen functional groups attached to an aromatic ring is 2. The van der Waals surface area contributed by atoms with Gasteiger partial charge in [0, 0.05) is 30.1 Å². The van der Waals surface area contributed by atoms with Crippen LogP contribution in [0.2, 0.25) is 0 Å². The molecule has 0 unspecified atom stereocenters. The average Bonchev–Trinajstić information content (AvgIpc) is 2.42. The van der Waals surface area contributed by atoms with E-state index in [2.05, 4.69) is 9.98 Å². The van der Waals surface area contributed by atoms with Gasteiger partial charge in [0.05, 0.1) is 11.3 Å². The van der Waals surface area contributed by atoms with E-state index in [1.807, 2.05) is 0 Å². The number of fused-ring (bicyclic) bond motifs is 2. The van der Waals surface area contributed by atoms with Crippen molar-refractivity contribution in [2.24, 2.45) is 4.99 Å². The van der Waals surface area contributed by atoms with E-state index in [1.165, 1.54) is 23.9 Å². The van der Waals surface area contributed by atoms with Gasteiger partial charge in [-0.1, -0.05) is 11.8 Å². The summed E-state index contributed by atoms with van der Waals surface area (Å²) in [6, 6.07) is 4.74. The van der Waals surface area contributed by atoms with Crippen LogP contribution < -0.4 is 11.5 Å². The van der Waals surface area contributed by atoms with Crippen molar-refractivity contribution in [2.75, 3.05) is 18.5 Å². The molecule has 0 saturated carbocycles. The van der Waals surface area contributed by atoms with Crippen LogP contribution in [0.4, 0.5) is 15.9 Å². The van der Waals surface area contributed by atoms with Crippen LogP contribution >= 0.6 is 11.8 Å². The monoisotopic (exact) mass is 288 g/mol. The van der Waals surface area contributed by atoms with Crippen LogP contribution in [-0.2, 0) is 6.42 Å². The van der Waals surface area contributed by atoms with E-state index in [9.17, 15) is 4.39 Å². The number of aromatic nitrogens is 1. The summed E-state index contributed by atoms with van der Waals surface area (Å²) in [5.74, 6) is 0.120. The lowest BCUT2D eigenvalue weighted by Gasteiger charge is -2.21. The molecule has 0 bridgehead atoms. The highest BCUT2D eigenvalue weighted by molar-refractivity contribution is 7.99. The number of hydrogen-bond donors (Lipinski definition) is 2. The molecular formula is C14H13FN4S. The van der Waals surface area contributed by atoms with Crippen molar-refractivity contribution in [3.8, 4) is 0 Å². The molecule has 1 aliphatic rings. The molecule has 0 fully saturated rings. The Labute approximate surface area is 120 Å². The third-order valence-electron chi connectivity index (χ3n) is 3.23. The lowest BCUT2D eigenvalue weighted by molar-refractivity contribution is 0.624. The van der Waals surface area contributed by atoms with Crippen LogP contribution in [0.25, 0.3) is 0 Å². The summed E-state index contributed by atoms with van der Waals surface area (Å²) in [5.41, 5.74) is 15.1. The minimum atomic E-state index is -0.245. The van der Waals surface area contributed by atoms with Gasteiger partial charge in [-0.2, -0.15) is 0 Å². The predicted molar refractivity (Wildman–Crippen MR) is 79.9 cm³/mol. The normalized spacial score (nSPS) is 13.3. The van der Waals surface area contributed by atoms with Crippen LogP contribution in [0.3, 0.4) is 0 Å². The fourth-order valence-electron chi connectivity index (χ4n) is 2.25. The van der Waals surface area contributed by atoms with E-state index < -0.39 is 0 Å². The molecule has 0 atom stereocenters. The molecule has 2 aromatic rings. The molecule has 1 aromatic carbocycles. The molecule has 0 radical (unpaired) electrons. The molecule has 0 saturated heterocycles. The van der Waals surface area contributed by atoms with Crippen LogP contribution in [0.5, 0.6) is 0 Å². The third kappa shape index (κ3) is 2.02. The second-order valence-electron chi connectivity index (χ2n) is 4.53. The molecule has 1 aromatic heterocycles. The van der Waals surface area contributed by atoms with E-state index in [-0.39, 0.29) is 5.82 Å². The van der Waals surface area contributed by atoms with Crippen molar-refractivity contribution < 1.29 is 4.39 Å². The molecule has 0 amide bonds. The summed E-state index contributed by atoms with van der Waals surface area (Å²) < 4.78 is 13.3. The molecule has 20 heavy (non-hydrogen) atoms. The Kier molecular flexibility index (Phi) is 3.10. The first-order valence-electron chi connectivity index (χ1n) is 6.06. The number of aliphatic imine (C=N–C) groups is 1. The second-order valence-corrected chi connectivity index (χ2v) is 5.56. The highest BCUT2D eigenvalue weighted by atomic mass is 32.2. The van der Waals surface area contributed by atoms with Gasteiger partial charge >= 0.3 is 0 Å². The van der Waals surface area contributed by atoms with E-state index in [4.69, 9.17) is 11.5 Å². The predicted octanol–water partition coefficient (Wildman–Crippen LogP) is 2.49. The van der Waals surface area contributed by atoms with Crippen molar-refractivity contribution in [1.82, 2.24) is 4.98 Å². The fourth-order valence-corrected chi connectivity index (χ4v) is 3.31. The number of benzene rings is 1. The molecule has 0 spiro atoms. The number of pyridine rings is 1. The van der Waals surface area contributed by atoms with Gasteiger partial charge in [-0.25, -0.2) is 9.37 Å². The van der Waals surface area contributed by atoms with E-state index in [0.717, 1.165) is 21.0 Å². The maximum absolute atomic E-state index is 13.3. The average molecular weight is 288 g/mol. The number of anilines is 2. The standard InChI is InChI=1S/C14H13FN4S/c1-18-6-10-12(16)9-5-7-4-8(15)2-3-11(7)20-14(9)19-13(10)17/h2-4,6H,5H2,1H3,(H4,16,17,19). The molecule has 0 aliphatic carbocycles. The van der Waals surface area contributed by atoms with Gasteiger partial charge in [-0.05, 0) is 23.8 Å². The van der Waals surface area contributed by atoms with Crippen LogP contribution in [-0.4, -0.2) is 18.2 Å². The van der Waals surface area contributed by atoms with Gasteiger partial charge in [0.2, 0.25) is 0 Å². The third-order valence-corrected chi connectivity index (χ3v) is 4.38. The molecule has 3 rings (SSSR count). The first-order valence-corrected chi connectivity index (χ1v) is 6.88. The number of nitrogens with two attached hydrogens (primary N) is 2. The van der Waals surface area contributed by atoms with Gasteiger partial charge in [0.15, 0.2) is 0 Å². The van der Waals surface area contributed by atoms with Gasteiger partial charge in [-0.15, -0.1) is 0 Å². The first-order chi connectivity index (χ1) is 9.60. The SMILES string of the molecule is CN=Cc1c(N)nc2c(c1N)Cc1cc(F)ccc1S2. The summed E-state index contributed by atoms with van der Waals surface area (Å²) in [5, 5.41) is 0.785. The van der Waals surface area contributed by atoms with Crippen molar-refractivity contribution in [2.45, 2.75) is 16.3 Å². The molecule has 4 N–H and O–H groups in total. The molecule has 1 aliphatic heterocycles. The van der Waals surface area contributed by atoms with Crippen molar-refractivity contribution in [3.63, 3.8) is 0 Å². The summed E-state index contributed by atoms with van der Waals surface area (Å²) in [6.07, 6.45) is 2.16. The van der Waals surface area contributed by atoms with E-state index in [0.29, 0.717) is 23.5 Å². The number of hydrogen-bond acceptors (Lipinski definition) is 5. The van der Waals surface area contributed by atoms with Crippen LogP contribution in [0, 0.1) is 5.82 Å². The second kappa shape index (κ2) is 4.79. The summed E-state index contributed by atoms with van der Waals surface area (Å²) in [4.78, 5) is 9.32. The quantitative estimate of drug-likeness (QED) is 0.674. The first kappa shape index (κ1) is 12.9. The molecular weight excluding hydrogens is 275 g/mol. The minimum Gasteiger partial charge on any atom is -0.398 e. The maximum Gasteiger partial charge on any atom is 0.135 e. The zero-order valence-electron chi connectivity index (χ0n) is 10.9. The Hall–Kier alpha value is -2.08. The lowest BCUT2D eigenvalue weighted by atomic mass is 10.0. The Bertz CT molecular complexity index is 728. The summed E-state index contributed by atoms with van der Waals surface area (Å²) >= 11 is 1.46. The number of halogens is 1. The zero-order valence-corrected chi connectivity index (χ0v) is 11.7. The van der Waals surface area contributed by atoms with Crippen LogP contribution in [0.1, 0.15) is 16.7 Å². The smallest absolute Gasteiger partial charge is 0.135 e. The summed E-state index contributed by atoms with van der Waals surface area (Å²) in [7, 11) is 1.65. The largest absolute Gasteiger partial charge is 0.398 e. The highest BCUT2D eigenvalue weighted by Crippen LogP contribution is 2.42. The topological polar surface area (TPSA) is 77.3 Å². The highest BCUT2D eigenvalue weighted by Gasteiger charge is 2.23. The van der Waals surface area contributed by atoms with E-state index >= 15 is 0 Å². The van der Waals surface area contributed by atoms with Gasteiger partial charge < -0.3 is 11.5 Å². The summed E-state index contributed by atoms with van der Waals surface area (Å²) in [6.45, 7) is 0.